The molecule has 0 bridgehead atoms. The van der Waals surface area contributed by atoms with Crippen LogP contribution in [-0.2, 0) is 26.2 Å². The molecule has 2 atom stereocenters. The number of nitrogens with zero attached hydrogens (tertiary/aromatic N) is 2. The Morgan fingerprint density at radius 3 is 2.17 bits per heavy atom. The summed E-state index contributed by atoms with van der Waals surface area (Å²) in [7, 11) is -3.83. The molecule has 0 heterocycles. The number of benzene rings is 2. The largest absolute Gasteiger partial charge is 0.492 e. The van der Waals surface area contributed by atoms with E-state index in [0.29, 0.717) is 18.8 Å². The van der Waals surface area contributed by atoms with Crippen molar-refractivity contribution in [3.8, 4) is 5.75 Å². The second-order valence-corrected chi connectivity index (χ2v) is 10.3. The molecular weight excluding hydrogens is 466 g/mol. The molecule has 2 rings (SSSR count). The van der Waals surface area contributed by atoms with Crippen molar-refractivity contribution in [1.82, 2.24) is 10.2 Å². The summed E-state index contributed by atoms with van der Waals surface area (Å²) < 4.78 is 32.2. The number of anilines is 1. The van der Waals surface area contributed by atoms with Crippen molar-refractivity contribution in [2.45, 2.75) is 59.2 Å². The molecule has 2 amide bonds. The summed E-state index contributed by atoms with van der Waals surface area (Å²) >= 11 is 0. The van der Waals surface area contributed by atoms with Crippen LogP contribution in [-0.4, -0.2) is 56.6 Å². The molecular formula is C26H37N3O5S. The number of carbonyl (C=O) groups is 2. The van der Waals surface area contributed by atoms with Crippen molar-refractivity contribution in [3.63, 3.8) is 0 Å². The lowest BCUT2D eigenvalue weighted by Gasteiger charge is -2.33. The third-order valence-corrected chi connectivity index (χ3v) is 6.82. The van der Waals surface area contributed by atoms with Gasteiger partial charge in [-0.15, -0.1) is 0 Å². The third-order valence-electron chi connectivity index (χ3n) is 5.70. The predicted octanol–water partition coefficient (Wildman–Crippen LogP) is 3.57. The fourth-order valence-corrected chi connectivity index (χ4v) is 4.53. The molecule has 1 N–H and O–H groups in total. The highest BCUT2D eigenvalue weighted by molar-refractivity contribution is 7.92. The molecule has 0 fully saturated rings. The maximum Gasteiger partial charge on any atom is 0.244 e. The van der Waals surface area contributed by atoms with E-state index in [2.05, 4.69) is 5.32 Å². The Hall–Kier alpha value is -3.07. The first kappa shape index (κ1) is 28.2. The number of rotatable bonds is 13. The van der Waals surface area contributed by atoms with Crippen molar-refractivity contribution in [2.75, 3.05) is 23.7 Å². The lowest BCUT2D eigenvalue weighted by atomic mass is 10.1. The van der Waals surface area contributed by atoms with Crippen LogP contribution in [0.2, 0.25) is 0 Å². The lowest BCUT2D eigenvalue weighted by molar-refractivity contribution is -0.140. The topological polar surface area (TPSA) is 96.0 Å². The minimum Gasteiger partial charge on any atom is -0.492 e. The molecule has 0 saturated carbocycles. The maximum absolute atomic E-state index is 13.7. The number of hydrogen-bond donors (Lipinski definition) is 1. The van der Waals surface area contributed by atoms with Crippen LogP contribution in [0.4, 0.5) is 5.69 Å². The molecule has 0 saturated heterocycles. The molecule has 0 spiro atoms. The quantitative estimate of drug-likeness (QED) is 0.451. The standard InChI is InChI=1S/C26H37N3O5S/c1-6-20(4)27-26(31)22(7-2)28(18-21-14-10-9-11-15-21)25(30)19-29(35(5,32)33)23-16-12-13-17-24(23)34-8-3/h9-17,20,22H,6-8,18-19H2,1-5H3,(H,27,31)/t20-,22-/m1/s1. The van der Waals surface area contributed by atoms with Gasteiger partial charge in [-0.25, -0.2) is 8.42 Å². The Labute approximate surface area is 209 Å². The maximum atomic E-state index is 13.7. The minimum atomic E-state index is -3.83. The molecule has 8 nitrogen and oxygen atoms in total. The fraction of sp³-hybridized carbons (Fsp3) is 0.462. The van der Waals surface area contributed by atoms with Crippen LogP contribution in [0, 0.1) is 0 Å². The number of amides is 2. The molecule has 0 unspecified atom stereocenters. The van der Waals surface area contributed by atoms with E-state index >= 15 is 0 Å². The normalized spacial score (nSPS) is 12.9. The van der Waals surface area contributed by atoms with Gasteiger partial charge in [0.05, 0.1) is 18.6 Å². The van der Waals surface area contributed by atoms with Gasteiger partial charge in [0.1, 0.15) is 18.3 Å². The van der Waals surface area contributed by atoms with Gasteiger partial charge in [0.15, 0.2) is 0 Å². The Morgan fingerprint density at radius 2 is 1.60 bits per heavy atom. The molecule has 0 aliphatic rings. The summed E-state index contributed by atoms with van der Waals surface area (Å²) in [6.07, 6.45) is 2.19. The SMILES string of the molecule is CCOc1ccccc1N(CC(=O)N(Cc1ccccc1)[C@H](CC)C(=O)N[C@H](C)CC)S(C)(=O)=O. The van der Waals surface area contributed by atoms with E-state index in [-0.39, 0.29) is 24.2 Å². The molecule has 0 radical (unpaired) electrons. The van der Waals surface area contributed by atoms with Crippen molar-refractivity contribution in [1.29, 1.82) is 0 Å². The zero-order valence-corrected chi connectivity index (χ0v) is 22.0. The first-order chi connectivity index (χ1) is 16.6. The first-order valence-corrected chi connectivity index (χ1v) is 13.8. The van der Waals surface area contributed by atoms with Gasteiger partial charge in [-0.1, -0.05) is 56.3 Å². The summed E-state index contributed by atoms with van der Waals surface area (Å²) in [6.45, 7) is 7.58. The Morgan fingerprint density at radius 1 is 0.971 bits per heavy atom. The number of para-hydroxylation sites is 2. The van der Waals surface area contributed by atoms with Crippen LogP contribution in [0.15, 0.2) is 54.6 Å². The number of nitrogens with one attached hydrogen (secondary N) is 1. The smallest absolute Gasteiger partial charge is 0.244 e. The van der Waals surface area contributed by atoms with Crippen LogP contribution in [0.3, 0.4) is 0 Å². The van der Waals surface area contributed by atoms with Gasteiger partial charge in [0.2, 0.25) is 21.8 Å². The third kappa shape index (κ3) is 7.99. The summed E-state index contributed by atoms with van der Waals surface area (Å²) in [5.74, 6) is -0.368. The summed E-state index contributed by atoms with van der Waals surface area (Å²) in [4.78, 5) is 28.3. The average Bonchev–Trinajstić information content (AvgIpc) is 2.82. The summed E-state index contributed by atoms with van der Waals surface area (Å²) in [5, 5.41) is 2.96. The van der Waals surface area contributed by atoms with Crippen LogP contribution in [0.25, 0.3) is 0 Å². The van der Waals surface area contributed by atoms with E-state index < -0.39 is 28.5 Å². The second-order valence-electron chi connectivity index (χ2n) is 8.42. The van der Waals surface area contributed by atoms with Crippen molar-refractivity contribution < 1.29 is 22.7 Å². The van der Waals surface area contributed by atoms with E-state index in [4.69, 9.17) is 4.74 Å². The van der Waals surface area contributed by atoms with E-state index in [1.165, 1.54) is 4.90 Å². The monoisotopic (exact) mass is 503 g/mol. The minimum absolute atomic E-state index is 0.0455. The van der Waals surface area contributed by atoms with E-state index in [9.17, 15) is 18.0 Å². The molecule has 192 valence electrons. The van der Waals surface area contributed by atoms with E-state index in [1.54, 1.807) is 31.2 Å². The average molecular weight is 504 g/mol. The van der Waals surface area contributed by atoms with Gasteiger partial charge in [-0.3, -0.25) is 13.9 Å². The van der Waals surface area contributed by atoms with Gasteiger partial charge in [-0.05, 0) is 44.4 Å². The first-order valence-electron chi connectivity index (χ1n) is 12.0. The second kappa shape index (κ2) is 13.1. The molecule has 2 aromatic carbocycles. The van der Waals surface area contributed by atoms with E-state index in [0.717, 1.165) is 22.5 Å². The molecule has 0 aliphatic carbocycles. The predicted molar refractivity (Wildman–Crippen MR) is 139 cm³/mol. The van der Waals surface area contributed by atoms with Crippen LogP contribution >= 0.6 is 0 Å². The highest BCUT2D eigenvalue weighted by Crippen LogP contribution is 2.30. The zero-order valence-electron chi connectivity index (χ0n) is 21.2. The molecule has 0 aromatic heterocycles. The van der Waals surface area contributed by atoms with Crippen molar-refractivity contribution in [3.05, 3.63) is 60.2 Å². The number of sulfonamides is 1. The number of hydrogen-bond acceptors (Lipinski definition) is 5. The molecule has 0 aliphatic heterocycles. The van der Waals surface area contributed by atoms with Gasteiger partial charge in [0, 0.05) is 12.6 Å². The lowest BCUT2D eigenvalue weighted by Crippen LogP contribution is -2.53. The molecule has 35 heavy (non-hydrogen) atoms. The highest BCUT2D eigenvalue weighted by atomic mass is 32.2. The van der Waals surface area contributed by atoms with Crippen LogP contribution < -0.4 is 14.4 Å². The van der Waals surface area contributed by atoms with Crippen LogP contribution in [0.5, 0.6) is 5.75 Å². The van der Waals surface area contributed by atoms with Gasteiger partial charge < -0.3 is 15.0 Å². The Kier molecular flexibility index (Phi) is 10.6. The van der Waals surface area contributed by atoms with Crippen molar-refractivity contribution in [2.24, 2.45) is 0 Å². The number of carbonyl (C=O) groups excluding carboxylic acids is 2. The van der Waals surface area contributed by atoms with Gasteiger partial charge in [0.25, 0.3) is 0 Å². The Balaban J connectivity index is 2.45. The fourth-order valence-electron chi connectivity index (χ4n) is 3.68. The summed E-state index contributed by atoms with van der Waals surface area (Å²) in [6, 6.07) is 15.2. The van der Waals surface area contributed by atoms with Crippen molar-refractivity contribution >= 4 is 27.5 Å². The molecule has 9 heteroatoms. The Bertz CT molecular complexity index is 1080. The number of ether oxygens (including phenoxy) is 1. The highest BCUT2D eigenvalue weighted by Gasteiger charge is 2.32. The van der Waals surface area contributed by atoms with E-state index in [1.807, 2.05) is 51.1 Å². The van der Waals surface area contributed by atoms with Gasteiger partial charge >= 0.3 is 0 Å². The summed E-state index contributed by atoms with van der Waals surface area (Å²) in [5.41, 5.74) is 1.12. The van der Waals surface area contributed by atoms with Crippen LogP contribution in [0.1, 0.15) is 46.1 Å². The van der Waals surface area contributed by atoms with Gasteiger partial charge in [-0.2, -0.15) is 0 Å². The zero-order chi connectivity index (χ0) is 26.0. The molecule has 2 aromatic rings.